The van der Waals surface area contributed by atoms with Gasteiger partial charge in [-0.25, -0.2) is 0 Å². The highest BCUT2D eigenvalue weighted by atomic mass is 35.5. The molecule has 3 amide bonds. The Morgan fingerprint density at radius 2 is 1.63 bits per heavy atom. The molecule has 4 rings (SSSR count). The largest absolute Gasteiger partial charge is 0.326 e. The van der Waals surface area contributed by atoms with Gasteiger partial charge in [0.2, 0.25) is 5.91 Å². The molecular weight excluding hydrogens is 422 g/mol. The maximum absolute atomic E-state index is 12.7. The van der Waals surface area contributed by atoms with Gasteiger partial charge in [0.15, 0.2) is 0 Å². The minimum absolute atomic E-state index is 0.00213. The van der Waals surface area contributed by atoms with Crippen molar-refractivity contribution in [2.24, 2.45) is 5.92 Å². The van der Waals surface area contributed by atoms with E-state index in [4.69, 9.17) is 11.6 Å². The summed E-state index contributed by atoms with van der Waals surface area (Å²) >= 11 is 7.50. The molecule has 8 heteroatoms. The second kappa shape index (κ2) is 8.69. The van der Waals surface area contributed by atoms with Crippen LogP contribution in [0.5, 0.6) is 0 Å². The molecule has 1 aliphatic rings. The average molecular weight is 440 g/mol. The Bertz CT molecular complexity index is 1110. The average Bonchev–Trinajstić information content (AvgIpc) is 3.44. The summed E-state index contributed by atoms with van der Waals surface area (Å²) in [6.45, 7) is 0. The molecule has 1 heterocycles. The molecule has 1 aromatic heterocycles. The number of benzene rings is 2. The molecule has 6 nitrogen and oxygen atoms in total. The highest BCUT2D eigenvalue weighted by Crippen LogP contribution is 2.30. The summed E-state index contributed by atoms with van der Waals surface area (Å²) in [4.78, 5) is 37.4. The molecule has 0 bridgehead atoms. The van der Waals surface area contributed by atoms with Crippen molar-refractivity contribution in [2.75, 3.05) is 16.0 Å². The van der Waals surface area contributed by atoms with E-state index < -0.39 is 0 Å². The first-order chi connectivity index (χ1) is 14.5. The standard InChI is InChI=1S/C22H18ClN3O3S/c23-17-9-8-14(11-18(17)26-22(29)19-5-2-10-30-19)21(28)25-16-4-1-3-15(12-16)24-20(27)13-6-7-13/h1-5,8-13H,6-7H2,(H,24,27)(H,25,28)(H,26,29). The van der Waals surface area contributed by atoms with Gasteiger partial charge in [-0.3, -0.25) is 14.4 Å². The van der Waals surface area contributed by atoms with Crippen molar-refractivity contribution >= 4 is 57.7 Å². The summed E-state index contributed by atoms with van der Waals surface area (Å²) in [6, 6.07) is 15.1. The third-order valence-electron chi connectivity index (χ3n) is 4.56. The summed E-state index contributed by atoms with van der Waals surface area (Å²) in [5, 5.41) is 10.5. The molecule has 3 aromatic rings. The Morgan fingerprint density at radius 1 is 0.867 bits per heavy atom. The number of thiophene rings is 1. The van der Waals surface area contributed by atoms with E-state index in [-0.39, 0.29) is 23.6 Å². The fourth-order valence-electron chi connectivity index (χ4n) is 2.82. The fraction of sp³-hybridized carbons (Fsp3) is 0.136. The Morgan fingerprint density at radius 3 is 2.33 bits per heavy atom. The van der Waals surface area contributed by atoms with Gasteiger partial charge >= 0.3 is 0 Å². The highest BCUT2D eigenvalue weighted by molar-refractivity contribution is 7.12. The third kappa shape index (κ3) is 4.87. The van der Waals surface area contributed by atoms with E-state index in [1.807, 2.05) is 5.38 Å². The van der Waals surface area contributed by atoms with Crippen molar-refractivity contribution in [3.63, 3.8) is 0 Å². The van der Waals surface area contributed by atoms with Crippen LogP contribution in [-0.4, -0.2) is 17.7 Å². The number of halogens is 1. The van der Waals surface area contributed by atoms with E-state index in [9.17, 15) is 14.4 Å². The number of hydrogen-bond acceptors (Lipinski definition) is 4. The van der Waals surface area contributed by atoms with Gasteiger partial charge in [0.05, 0.1) is 15.6 Å². The van der Waals surface area contributed by atoms with Gasteiger partial charge in [-0.05, 0) is 60.7 Å². The first-order valence-electron chi connectivity index (χ1n) is 9.36. The third-order valence-corrected chi connectivity index (χ3v) is 5.76. The van der Waals surface area contributed by atoms with Gasteiger partial charge in [-0.15, -0.1) is 11.3 Å². The van der Waals surface area contributed by atoms with E-state index in [2.05, 4.69) is 16.0 Å². The van der Waals surface area contributed by atoms with Crippen molar-refractivity contribution in [3.8, 4) is 0 Å². The summed E-state index contributed by atoms with van der Waals surface area (Å²) < 4.78 is 0. The molecule has 1 aliphatic carbocycles. The molecule has 0 radical (unpaired) electrons. The molecule has 0 saturated heterocycles. The lowest BCUT2D eigenvalue weighted by Gasteiger charge is -2.11. The number of amides is 3. The quantitative estimate of drug-likeness (QED) is 0.490. The van der Waals surface area contributed by atoms with Crippen LogP contribution in [0.3, 0.4) is 0 Å². The SMILES string of the molecule is O=C(Nc1cccc(NC(=O)C2CC2)c1)c1ccc(Cl)c(NC(=O)c2cccs2)c1. The van der Waals surface area contributed by atoms with Crippen molar-refractivity contribution < 1.29 is 14.4 Å². The van der Waals surface area contributed by atoms with Gasteiger partial charge in [0, 0.05) is 22.9 Å². The Balaban J connectivity index is 1.45. The number of nitrogens with one attached hydrogen (secondary N) is 3. The lowest BCUT2D eigenvalue weighted by Crippen LogP contribution is -2.15. The van der Waals surface area contributed by atoms with Gasteiger partial charge in [-0.2, -0.15) is 0 Å². The van der Waals surface area contributed by atoms with Crippen LogP contribution < -0.4 is 16.0 Å². The molecule has 0 aliphatic heterocycles. The fourth-order valence-corrected chi connectivity index (χ4v) is 3.61. The second-order valence-corrected chi connectivity index (χ2v) is 8.28. The summed E-state index contributed by atoms with van der Waals surface area (Å²) in [5.74, 6) is -0.546. The van der Waals surface area contributed by atoms with Crippen LogP contribution in [0.15, 0.2) is 60.0 Å². The van der Waals surface area contributed by atoms with Crippen molar-refractivity contribution in [1.29, 1.82) is 0 Å². The Labute approximate surface area is 182 Å². The highest BCUT2D eigenvalue weighted by Gasteiger charge is 2.29. The van der Waals surface area contributed by atoms with E-state index in [1.165, 1.54) is 17.4 Å². The van der Waals surface area contributed by atoms with Crippen molar-refractivity contribution in [3.05, 3.63) is 75.4 Å². The zero-order valence-electron chi connectivity index (χ0n) is 15.8. The zero-order valence-corrected chi connectivity index (χ0v) is 17.3. The Hall–Kier alpha value is -3.16. The number of hydrogen-bond donors (Lipinski definition) is 3. The smallest absolute Gasteiger partial charge is 0.265 e. The molecule has 1 fully saturated rings. The van der Waals surface area contributed by atoms with Crippen LogP contribution in [0, 0.1) is 5.92 Å². The maximum Gasteiger partial charge on any atom is 0.265 e. The number of carbonyl (C=O) groups excluding carboxylic acids is 3. The number of rotatable bonds is 6. The summed E-state index contributed by atoms with van der Waals surface area (Å²) in [7, 11) is 0. The molecule has 152 valence electrons. The number of carbonyl (C=O) groups is 3. The monoisotopic (exact) mass is 439 g/mol. The van der Waals surface area contributed by atoms with Gasteiger partial charge < -0.3 is 16.0 Å². The molecule has 2 aromatic carbocycles. The maximum atomic E-state index is 12.7. The predicted octanol–water partition coefficient (Wildman–Crippen LogP) is 5.25. The van der Waals surface area contributed by atoms with Crippen LogP contribution >= 0.6 is 22.9 Å². The van der Waals surface area contributed by atoms with Crippen LogP contribution in [0.25, 0.3) is 0 Å². The minimum Gasteiger partial charge on any atom is -0.326 e. The van der Waals surface area contributed by atoms with Crippen LogP contribution in [-0.2, 0) is 4.79 Å². The molecular formula is C22H18ClN3O3S. The molecule has 1 saturated carbocycles. The second-order valence-electron chi connectivity index (χ2n) is 6.92. The minimum atomic E-state index is -0.357. The molecule has 30 heavy (non-hydrogen) atoms. The first-order valence-corrected chi connectivity index (χ1v) is 10.6. The van der Waals surface area contributed by atoms with Crippen LogP contribution in [0.2, 0.25) is 5.02 Å². The van der Waals surface area contributed by atoms with Gasteiger partial charge in [-0.1, -0.05) is 23.7 Å². The van der Waals surface area contributed by atoms with Crippen molar-refractivity contribution in [1.82, 2.24) is 0 Å². The molecule has 3 N–H and O–H groups in total. The molecule has 0 unspecified atom stereocenters. The van der Waals surface area contributed by atoms with E-state index in [1.54, 1.807) is 48.5 Å². The van der Waals surface area contributed by atoms with E-state index in [0.29, 0.717) is 32.5 Å². The number of anilines is 3. The zero-order chi connectivity index (χ0) is 21.1. The first kappa shape index (κ1) is 20.1. The lowest BCUT2D eigenvalue weighted by molar-refractivity contribution is -0.117. The summed E-state index contributed by atoms with van der Waals surface area (Å²) in [6.07, 6.45) is 1.84. The van der Waals surface area contributed by atoms with E-state index in [0.717, 1.165) is 12.8 Å². The Kier molecular flexibility index (Phi) is 5.83. The van der Waals surface area contributed by atoms with Crippen LogP contribution in [0.4, 0.5) is 17.1 Å². The van der Waals surface area contributed by atoms with Crippen LogP contribution in [0.1, 0.15) is 32.9 Å². The van der Waals surface area contributed by atoms with Gasteiger partial charge in [0.1, 0.15) is 0 Å². The normalized spacial score (nSPS) is 12.8. The topological polar surface area (TPSA) is 87.3 Å². The van der Waals surface area contributed by atoms with Gasteiger partial charge in [0.25, 0.3) is 11.8 Å². The molecule has 0 atom stereocenters. The van der Waals surface area contributed by atoms with E-state index >= 15 is 0 Å². The summed E-state index contributed by atoms with van der Waals surface area (Å²) in [5.41, 5.74) is 1.87. The van der Waals surface area contributed by atoms with Crippen molar-refractivity contribution in [2.45, 2.75) is 12.8 Å². The lowest BCUT2D eigenvalue weighted by atomic mass is 10.1. The predicted molar refractivity (Wildman–Crippen MR) is 119 cm³/mol. The molecule has 0 spiro atoms.